The van der Waals surface area contributed by atoms with Crippen molar-refractivity contribution in [1.82, 2.24) is 4.90 Å². The van der Waals surface area contributed by atoms with Gasteiger partial charge in [-0.1, -0.05) is 0 Å². The van der Waals surface area contributed by atoms with Gasteiger partial charge in [0.15, 0.2) is 9.84 Å². The molecule has 1 heterocycles. The maximum absolute atomic E-state index is 12.2. The number of likely N-dealkylation sites (tertiary alicyclic amines) is 1. The van der Waals surface area contributed by atoms with Crippen LogP contribution in [0.4, 0.5) is 0 Å². The second-order valence-corrected chi connectivity index (χ2v) is 7.16. The number of β-amino-alcohol motifs (C(OH)–C–C–N with tert-alkyl or cyclic N) is 1. The molecule has 108 valence electrons. The molecule has 1 aromatic carbocycles. The SMILES string of the molecule is N#Cc1ccc(S(=O)(=O)CCN2CCCC(O)C2)cc1. The molecule has 1 saturated heterocycles. The van der Waals surface area contributed by atoms with Crippen molar-refractivity contribution in [1.29, 1.82) is 5.26 Å². The molecule has 1 atom stereocenters. The van der Waals surface area contributed by atoms with Gasteiger partial charge in [0.1, 0.15) is 0 Å². The number of hydrogen-bond acceptors (Lipinski definition) is 5. The summed E-state index contributed by atoms with van der Waals surface area (Å²) in [6.45, 7) is 1.81. The van der Waals surface area contributed by atoms with E-state index in [0.717, 1.165) is 19.4 Å². The van der Waals surface area contributed by atoms with E-state index in [1.54, 1.807) is 0 Å². The van der Waals surface area contributed by atoms with E-state index in [2.05, 4.69) is 0 Å². The van der Waals surface area contributed by atoms with E-state index in [9.17, 15) is 13.5 Å². The minimum atomic E-state index is -3.33. The maximum Gasteiger partial charge on any atom is 0.179 e. The lowest BCUT2D eigenvalue weighted by atomic mass is 10.1. The van der Waals surface area contributed by atoms with Gasteiger partial charge in [0.25, 0.3) is 0 Å². The van der Waals surface area contributed by atoms with E-state index < -0.39 is 9.84 Å². The molecular formula is C14H18N2O3S. The molecule has 1 aliphatic heterocycles. The Balaban J connectivity index is 1.98. The van der Waals surface area contributed by atoms with Gasteiger partial charge in [-0.2, -0.15) is 5.26 Å². The Morgan fingerprint density at radius 3 is 2.65 bits per heavy atom. The Hall–Kier alpha value is -1.42. The van der Waals surface area contributed by atoms with Crippen LogP contribution in [-0.2, 0) is 9.84 Å². The molecule has 0 saturated carbocycles. The first-order chi connectivity index (χ1) is 9.51. The Morgan fingerprint density at radius 1 is 1.35 bits per heavy atom. The third-order valence-electron chi connectivity index (χ3n) is 3.50. The molecule has 0 aromatic heterocycles. The summed E-state index contributed by atoms with van der Waals surface area (Å²) < 4.78 is 24.4. The number of nitrogens with zero attached hydrogens (tertiary/aromatic N) is 2. The van der Waals surface area contributed by atoms with Crippen LogP contribution in [0.15, 0.2) is 29.2 Å². The van der Waals surface area contributed by atoms with Crippen LogP contribution in [-0.4, -0.2) is 49.9 Å². The van der Waals surface area contributed by atoms with Gasteiger partial charge >= 0.3 is 0 Å². The second kappa shape index (κ2) is 6.35. The van der Waals surface area contributed by atoms with Crippen molar-refractivity contribution in [3.8, 4) is 6.07 Å². The van der Waals surface area contributed by atoms with Crippen molar-refractivity contribution < 1.29 is 13.5 Å². The van der Waals surface area contributed by atoms with Gasteiger partial charge in [0.2, 0.25) is 0 Å². The second-order valence-electron chi connectivity index (χ2n) is 5.05. The largest absolute Gasteiger partial charge is 0.392 e. The molecule has 20 heavy (non-hydrogen) atoms. The Kier molecular flexibility index (Phi) is 4.76. The van der Waals surface area contributed by atoms with Crippen molar-refractivity contribution in [2.45, 2.75) is 23.8 Å². The normalized spacial score (nSPS) is 20.5. The van der Waals surface area contributed by atoms with E-state index in [1.807, 2.05) is 11.0 Å². The van der Waals surface area contributed by atoms with E-state index in [-0.39, 0.29) is 16.8 Å². The molecule has 0 radical (unpaired) electrons. The first kappa shape index (κ1) is 15.0. The van der Waals surface area contributed by atoms with Crippen molar-refractivity contribution in [3.05, 3.63) is 29.8 Å². The van der Waals surface area contributed by atoms with Gasteiger partial charge in [-0.05, 0) is 43.7 Å². The van der Waals surface area contributed by atoms with Crippen molar-refractivity contribution in [3.63, 3.8) is 0 Å². The highest BCUT2D eigenvalue weighted by atomic mass is 32.2. The van der Waals surface area contributed by atoms with Crippen LogP contribution >= 0.6 is 0 Å². The van der Waals surface area contributed by atoms with Gasteiger partial charge in [-0.25, -0.2) is 8.42 Å². The number of hydrogen-bond donors (Lipinski definition) is 1. The van der Waals surface area contributed by atoms with Gasteiger partial charge in [-0.15, -0.1) is 0 Å². The first-order valence-corrected chi connectivity index (χ1v) is 8.30. The van der Waals surface area contributed by atoms with Crippen molar-refractivity contribution in [2.24, 2.45) is 0 Å². The molecule has 1 unspecified atom stereocenters. The summed E-state index contributed by atoms with van der Waals surface area (Å²) in [7, 11) is -3.33. The maximum atomic E-state index is 12.2. The topological polar surface area (TPSA) is 81.4 Å². The van der Waals surface area contributed by atoms with Crippen LogP contribution in [0.3, 0.4) is 0 Å². The molecule has 1 aliphatic rings. The lowest BCUT2D eigenvalue weighted by Gasteiger charge is -2.29. The zero-order valence-corrected chi connectivity index (χ0v) is 12.0. The predicted molar refractivity (Wildman–Crippen MR) is 74.9 cm³/mol. The fraction of sp³-hybridized carbons (Fsp3) is 0.500. The fourth-order valence-corrected chi connectivity index (χ4v) is 3.62. The summed E-state index contributed by atoms with van der Waals surface area (Å²) in [4.78, 5) is 2.23. The standard InChI is InChI=1S/C14H18N2O3S/c15-10-12-3-5-14(6-4-12)20(18,19)9-8-16-7-1-2-13(17)11-16/h3-6,13,17H,1-2,7-9,11H2. The smallest absolute Gasteiger partial charge is 0.179 e. The van der Waals surface area contributed by atoms with E-state index in [4.69, 9.17) is 5.26 Å². The number of nitriles is 1. The highest BCUT2D eigenvalue weighted by molar-refractivity contribution is 7.91. The number of benzene rings is 1. The van der Waals surface area contributed by atoms with Gasteiger partial charge in [-0.3, -0.25) is 4.90 Å². The Labute approximate surface area is 119 Å². The van der Waals surface area contributed by atoms with Crippen LogP contribution in [0.1, 0.15) is 18.4 Å². The van der Waals surface area contributed by atoms with Crippen LogP contribution in [0.5, 0.6) is 0 Å². The van der Waals surface area contributed by atoms with E-state index >= 15 is 0 Å². The van der Waals surface area contributed by atoms with E-state index in [1.165, 1.54) is 24.3 Å². The molecule has 0 spiro atoms. The zero-order valence-electron chi connectivity index (χ0n) is 11.2. The average Bonchev–Trinajstić information content (AvgIpc) is 2.45. The molecule has 1 fully saturated rings. The average molecular weight is 294 g/mol. The van der Waals surface area contributed by atoms with Gasteiger partial charge in [0, 0.05) is 13.1 Å². The summed E-state index contributed by atoms with van der Waals surface area (Å²) in [5.74, 6) is 0.0334. The highest BCUT2D eigenvalue weighted by Crippen LogP contribution is 2.14. The number of sulfone groups is 1. The van der Waals surface area contributed by atoms with Crippen molar-refractivity contribution in [2.75, 3.05) is 25.4 Å². The highest BCUT2D eigenvalue weighted by Gasteiger charge is 2.21. The number of rotatable bonds is 4. The lowest BCUT2D eigenvalue weighted by molar-refractivity contribution is 0.0741. The molecule has 2 rings (SSSR count). The quantitative estimate of drug-likeness (QED) is 0.888. The first-order valence-electron chi connectivity index (χ1n) is 6.64. The number of aliphatic hydroxyl groups excluding tert-OH is 1. The van der Waals surface area contributed by atoms with Crippen LogP contribution in [0.2, 0.25) is 0 Å². The minimum Gasteiger partial charge on any atom is -0.392 e. The molecular weight excluding hydrogens is 276 g/mol. The monoisotopic (exact) mass is 294 g/mol. The molecule has 0 bridgehead atoms. The predicted octanol–water partition coefficient (Wildman–Crippen LogP) is 0.789. The molecule has 1 N–H and O–H groups in total. The van der Waals surface area contributed by atoms with Crippen LogP contribution < -0.4 is 0 Å². The summed E-state index contributed by atoms with van der Waals surface area (Å²) in [5, 5.41) is 18.3. The molecule has 0 amide bonds. The van der Waals surface area contributed by atoms with Crippen LogP contribution in [0, 0.1) is 11.3 Å². The Morgan fingerprint density at radius 2 is 2.05 bits per heavy atom. The summed E-state index contributed by atoms with van der Waals surface area (Å²) in [5.41, 5.74) is 0.447. The van der Waals surface area contributed by atoms with Crippen molar-refractivity contribution >= 4 is 9.84 Å². The summed E-state index contributed by atoms with van der Waals surface area (Å²) >= 11 is 0. The molecule has 0 aliphatic carbocycles. The third-order valence-corrected chi connectivity index (χ3v) is 5.21. The van der Waals surface area contributed by atoms with Crippen LogP contribution in [0.25, 0.3) is 0 Å². The van der Waals surface area contributed by atoms with Gasteiger partial charge < -0.3 is 5.11 Å². The summed E-state index contributed by atoms with van der Waals surface area (Å²) in [6.07, 6.45) is 1.35. The molecule has 5 nitrogen and oxygen atoms in total. The van der Waals surface area contributed by atoms with E-state index in [0.29, 0.717) is 18.7 Å². The zero-order chi connectivity index (χ0) is 14.6. The number of aliphatic hydroxyl groups is 1. The molecule has 6 heteroatoms. The lowest BCUT2D eigenvalue weighted by Crippen LogP contribution is -2.40. The molecule has 1 aromatic rings. The third kappa shape index (κ3) is 3.79. The minimum absolute atomic E-state index is 0.0334. The van der Waals surface area contributed by atoms with Gasteiger partial charge in [0.05, 0.1) is 28.4 Å². The summed E-state index contributed by atoms with van der Waals surface area (Å²) in [6, 6.07) is 7.93. The Bertz CT molecular complexity index is 590. The fourth-order valence-electron chi connectivity index (χ4n) is 2.34. The number of piperidine rings is 1.